The number of rotatable bonds is 7. The van der Waals surface area contributed by atoms with Gasteiger partial charge >= 0.3 is 5.97 Å². The van der Waals surface area contributed by atoms with Crippen molar-refractivity contribution in [2.75, 3.05) is 25.0 Å². The molecule has 0 heterocycles. The minimum absolute atomic E-state index is 0.0167. The highest BCUT2D eigenvalue weighted by atomic mass is 16.5. The van der Waals surface area contributed by atoms with E-state index in [1.54, 1.807) is 31.2 Å². The molecule has 0 aliphatic rings. The van der Waals surface area contributed by atoms with Crippen molar-refractivity contribution < 1.29 is 19.1 Å². The van der Waals surface area contributed by atoms with Crippen LogP contribution in [0.3, 0.4) is 0 Å². The second kappa shape index (κ2) is 8.81. The molecule has 6 nitrogen and oxygen atoms in total. The lowest BCUT2D eigenvalue weighted by Gasteiger charge is -2.19. The van der Waals surface area contributed by atoms with Crippen molar-refractivity contribution in [3.8, 4) is 0 Å². The maximum atomic E-state index is 11.9. The average Bonchev–Trinajstić information content (AvgIpc) is 2.47. The van der Waals surface area contributed by atoms with Crippen molar-refractivity contribution in [2.24, 2.45) is 0 Å². The smallest absolute Gasteiger partial charge is 0.338 e. The number of carbonyl (C=O) groups excluding carboxylic acids is 3. The molecule has 6 heteroatoms. The maximum Gasteiger partial charge on any atom is 0.338 e. The number of benzene rings is 1. The van der Waals surface area contributed by atoms with E-state index in [2.05, 4.69) is 5.32 Å². The first kappa shape index (κ1) is 17.7. The minimum Gasteiger partial charge on any atom is -0.462 e. The summed E-state index contributed by atoms with van der Waals surface area (Å²) < 4.78 is 4.88. The SMILES string of the molecule is CCCN(CC(=O)Nc1ccc(C(=O)OCC)cc1)C(C)=O. The molecule has 0 aliphatic heterocycles. The summed E-state index contributed by atoms with van der Waals surface area (Å²) in [5.74, 6) is -0.798. The molecular weight excluding hydrogens is 284 g/mol. The van der Waals surface area contributed by atoms with E-state index in [1.807, 2.05) is 6.92 Å². The molecule has 0 saturated carbocycles. The fraction of sp³-hybridized carbons (Fsp3) is 0.438. The third-order valence-corrected chi connectivity index (χ3v) is 2.95. The first-order valence-electron chi connectivity index (χ1n) is 7.30. The zero-order chi connectivity index (χ0) is 16.5. The molecule has 0 spiro atoms. The van der Waals surface area contributed by atoms with Gasteiger partial charge < -0.3 is 15.0 Å². The van der Waals surface area contributed by atoms with Gasteiger partial charge in [-0.1, -0.05) is 6.92 Å². The van der Waals surface area contributed by atoms with Gasteiger partial charge in [-0.25, -0.2) is 4.79 Å². The van der Waals surface area contributed by atoms with E-state index in [9.17, 15) is 14.4 Å². The molecule has 1 rings (SSSR count). The minimum atomic E-state index is -0.397. The van der Waals surface area contributed by atoms with Crippen LogP contribution in [-0.2, 0) is 14.3 Å². The second-order valence-corrected chi connectivity index (χ2v) is 4.79. The van der Waals surface area contributed by atoms with Gasteiger partial charge in [-0.05, 0) is 37.6 Å². The third kappa shape index (κ3) is 5.55. The van der Waals surface area contributed by atoms with Crippen molar-refractivity contribution in [3.05, 3.63) is 29.8 Å². The molecule has 0 saturated heterocycles. The molecule has 0 aromatic heterocycles. The van der Waals surface area contributed by atoms with Gasteiger partial charge in [-0.2, -0.15) is 0 Å². The molecule has 0 aliphatic carbocycles. The van der Waals surface area contributed by atoms with Gasteiger partial charge in [-0.3, -0.25) is 9.59 Å². The molecule has 1 N–H and O–H groups in total. The highest BCUT2D eigenvalue weighted by molar-refractivity contribution is 5.95. The fourth-order valence-corrected chi connectivity index (χ4v) is 1.90. The van der Waals surface area contributed by atoms with Crippen LogP contribution in [0.15, 0.2) is 24.3 Å². The number of nitrogens with one attached hydrogen (secondary N) is 1. The summed E-state index contributed by atoms with van der Waals surface area (Å²) in [6.07, 6.45) is 0.793. The first-order valence-corrected chi connectivity index (χ1v) is 7.30. The molecule has 1 aromatic rings. The Morgan fingerprint density at radius 1 is 1.14 bits per heavy atom. The molecule has 2 amide bonds. The predicted molar refractivity (Wildman–Crippen MR) is 83.6 cm³/mol. The number of hydrogen-bond acceptors (Lipinski definition) is 4. The van der Waals surface area contributed by atoms with Gasteiger partial charge in [0.2, 0.25) is 11.8 Å². The summed E-state index contributed by atoms with van der Waals surface area (Å²) in [6.45, 7) is 6.01. The van der Waals surface area contributed by atoms with Gasteiger partial charge in [0.1, 0.15) is 0 Å². The zero-order valence-electron chi connectivity index (χ0n) is 13.2. The van der Waals surface area contributed by atoms with Crippen LogP contribution in [0.1, 0.15) is 37.6 Å². The van der Waals surface area contributed by atoms with E-state index >= 15 is 0 Å². The normalized spacial score (nSPS) is 9.95. The number of carbonyl (C=O) groups is 3. The second-order valence-electron chi connectivity index (χ2n) is 4.79. The quantitative estimate of drug-likeness (QED) is 0.782. The van der Waals surface area contributed by atoms with E-state index in [4.69, 9.17) is 4.74 Å². The Labute approximate surface area is 130 Å². The lowest BCUT2D eigenvalue weighted by molar-refractivity contribution is -0.132. The Morgan fingerprint density at radius 2 is 1.77 bits per heavy atom. The Kier molecular flexibility index (Phi) is 7.08. The van der Waals surface area contributed by atoms with Crippen LogP contribution < -0.4 is 5.32 Å². The standard InChI is InChI=1S/C16H22N2O4/c1-4-10-18(12(3)19)11-15(20)17-14-8-6-13(7-9-14)16(21)22-5-2/h6-9H,4-5,10-11H2,1-3H3,(H,17,20). The Bertz CT molecular complexity index is 525. The van der Waals surface area contributed by atoms with E-state index < -0.39 is 5.97 Å². The van der Waals surface area contributed by atoms with Crippen LogP contribution in [0.4, 0.5) is 5.69 Å². The van der Waals surface area contributed by atoms with E-state index in [0.717, 1.165) is 6.42 Å². The van der Waals surface area contributed by atoms with Gasteiger partial charge in [-0.15, -0.1) is 0 Å². The number of anilines is 1. The lowest BCUT2D eigenvalue weighted by atomic mass is 10.2. The summed E-state index contributed by atoms with van der Waals surface area (Å²) in [4.78, 5) is 36.3. The Hall–Kier alpha value is -2.37. The monoisotopic (exact) mass is 306 g/mol. The molecule has 22 heavy (non-hydrogen) atoms. The fourth-order valence-electron chi connectivity index (χ4n) is 1.90. The van der Waals surface area contributed by atoms with E-state index in [1.165, 1.54) is 11.8 Å². The third-order valence-electron chi connectivity index (χ3n) is 2.95. The molecule has 1 aromatic carbocycles. The van der Waals surface area contributed by atoms with Crippen molar-refractivity contribution in [1.82, 2.24) is 4.90 Å². The lowest BCUT2D eigenvalue weighted by Crippen LogP contribution is -2.37. The number of nitrogens with zero attached hydrogens (tertiary/aromatic N) is 1. The van der Waals surface area contributed by atoms with Crippen molar-refractivity contribution in [3.63, 3.8) is 0 Å². The summed E-state index contributed by atoms with van der Waals surface area (Å²) in [6, 6.07) is 6.43. The Morgan fingerprint density at radius 3 is 2.27 bits per heavy atom. The van der Waals surface area contributed by atoms with Crippen LogP contribution in [0.25, 0.3) is 0 Å². The highest BCUT2D eigenvalue weighted by Crippen LogP contribution is 2.10. The molecule has 120 valence electrons. The van der Waals surface area contributed by atoms with Gasteiger partial charge in [0.05, 0.1) is 18.7 Å². The largest absolute Gasteiger partial charge is 0.462 e. The highest BCUT2D eigenvalue weighted by Gasteiger charge is 2.13. The molecule has 0 bridgehead atoms. The van der Waals surface area contributed by atoms with Gasteiger partial charge in [0.25, 0.3) is 0 Å². The van der Waals surface area contributed by atoms with Crippen LogP contribution in [0.5, 0.6) is 0 Å². The summed E-state index contributed by atoms with van der Waals surface area (Å²) in [5.41, 5.74) is 0.995. The predicted octanol–water partition coefficient (Wildman–Crippen LogP) is 2.06. The topological polar surface area (TPSA) is 75.7 Å². The van der Waals surface area contributed by atoms with Crippen LogP contribution in [0, 0.1) is 0 Å². The Balaban J connectivity index is 2.61. The van der Waals surface area contributed by atoms with E-state index in [0.29, 0.717) is 24.4 Å². The maximum absolute atomic E-state index is 11.9. The van der Waals surface area contributed by atoms with Crippen LogP contribution in [-0.4, -0.2) is 42.4 Å². The number of ether oxygens (including phenoxy) is 1. The zero-order valence-corrected chi connectivity index (χ0v) is 13.2. The molecule has 0 unspecified atom stereocenters. The van der Waals surface area contributed by atoms with Gasteiger partial charge in [0.15, 0.2) is 0 Å². The summed E-state index contributed by atoms with van der Waals surface area (Å²) >= 11 is 0. The van der Waals surface area contributed by atoms with Gasteiger partial charge in [0, 0.05) is 19.2 Å². The van der Waals surface area contributed by atoms with Crippen molar-refractivity contribution in [2.45, 2.75) is 27.2 Å². The first-order chi connectivity index (χ1) is 10.5. The summed E-state index contributed by atoms with van der Waals surface area (Å²) in [7, 11) is 0. The molecule has 0 radical (unpaired) electrons. The molecule has 0 atom stereocenters. The summed E-state index contributed by atoms with van der Waals surface area (Å²) in [5, 5.41) is 2.70. The number of hydrogen-bond donors (Lipinski definition) is 1. The van der Waals surface area contributed by atoms with Crippen LogP contribution >= 0.6 is 0 Å². The van der Waals surface area contributed by atoms with Crippen LogP contribution in [0.2, 0.25) is 0 Å². The molecule has 0 fully saturated rings. The number of esters is 1. The van der Waals surface area contributed by atoms with Crippen molar-refractivity contribution >= 4 is 23.5 Å². The number of amides is 2. The van der Waals surface area contributed by atoms with Crippen molar-refractivity contribution in [1.29, 1.82) is 0 Å². The molecular formula is C16H22N2O4. The average molecular weight is 306 g/mol. The van der Waals surface area contributed by atoms with E-state index in [-0.39, 0.29) is 18.4 Å².